The Morgan fingerprint density at radius 3 is 2.10 bits per heavy atom. The fourth-order valence-electron chi connectivity index (χ4n) is 4.66. The van der Waals surface area contributed by atoms with E-state index in [2.05, 4.69) is 22.3 Å². The van der Waals surface area contributed by atoms with E-state index in [1.54, 1.807) is 24.3 Å². The van der Waals surface area contributed by atoms with E-state index in [-0.39, 0.29) is 30.5 Å². The molecule has 1 saturated heterocycles. The Hall–Kier alpha value is -4.11. The van der Waals surface area contributed by atoms with Crippen LogP contribution >= 0.6 is 0 Å². The Labute approximate surface area is 228 Å². The average Bonchev–Trinajstić information content (AvgIpc) is 2.96. The normalized spacial score (nSPS) is 13.6. The van der Waals surface area contributed by atoms with Crippen LogP contribution in [-0.4, -0.2) is 69.1 Å². The zero-order valence-electron chi connectivity index (χ0n) is 22.5. The van der Waals surface area contributed by atoms with E-state index in [1.165, 1.54) is 39.0 Å². The first-order valence-electron chi connectivity index (χ1n) is 12.8. The molecule has 0 spiro atoms. The van der Waals surface area contributed by atoms with Crippen molar-refractivity contribution in [2.24, 2.45) is 0 Å². The molecular weight excluding hydrogens is 501 g/mol. The van der Waals surface area contributed by atoms with Crippen molar-refractivity contribution in [3.63, 3.8) is 0 Å². The standard InChI is InChI=1S/C30H34FN3O5/c1-37-26-18-25(19-27(38-2)30(26)39-3)32-28(35)11-12-29(36)34-15-13-33(14-16-34)20-21-5-4-6-23(17-21)22-7-9-24(31)10-8-22/h4-10,17-19H,11-16,20H2,1-3H3,(H,32,35). The number of rotatable bonds is 10. The Balaban J connectivity index is 1.24. The molecular formula is C30H34FN3O5. The zero-order chi connectivity index (χ0) is 27.8. The molecule has 3 aromatic carbocycles. The van der Waals surface area contributed by atoms with Crippen LogP contribution in [0.5, 0.6) is 17.2 Å². The first kappa shape index (κ1) is 27.9. The summed E-state index contributed by atoms with van der Waals surface area (Å²) < 4.78 is 29.2. The van der Waals surface area contributed by atoms with E-state index in [0.29, 0.717) is 36.0 Å². The van der Waals surface area contributed by atoms with Crippen molar-refractivity contribution in [2.75, 3.05) is 52.8 Å². The number of ether oxygens (including phenoxy) is 3. The maximum Gasteiger partial charge on any atom is 0.224 e. The molecule has 1 aliphatic heterocycles. The van der Waals surface area contributed by atoms with E-state index < -0.39 is 0 Å². The van der Waals surface area contributed by atoms with Crippen molar-refractivity contribution in [3.05, 3.63) is 72.0 Å². The molecule has 1 fully saturated rings. The van der Waals surface area contributed by atoms with Crippen LogP contribution in [0.4, 0.5) is 10.1 Å². The minimum absolute atomic E-state index is 0.0343. The lowest BCUT2D eigenvalue weighted by atomic mass is 10.0. The van der Waals surface area contributed by atoms with E-state index >= 15 is 0 Å². The molecule has 206 valence electrons. The SMILES string of the molecule is COc1cc(NC(=O)CCC(=O)N2CCN(Cc3cccc(-c4ccc(F)cc4)c3)CC2)cc(OC)c1OC. The predicted octanol–water partition coefficient (Wildman–Crippen LogP) is 4.58. The first-order chi connectivity index (χ1) is 18.9. The number of hydrogen-bond donors (Lipinski definition) is 1. The second-order valence-corrected chi connectivity index (χ2v) is 9.33. The lowest BCUT2D eigenvalue weighted by molar-refractivity contribution is -0.134. The fraction of sp³-hybridized carbons (Fsp3) is 0.333. The molecule has 2 amide bonds. The van der Waals surface area contributed by atoms with Crippen LogP contribution in [0.25, 0.3) is 11.1 Å². The number of carbonyl (C=O) groups is 2. The first-order valence-corrected chi connectivity index (χ1v) is 12.8. The summed E-state index contributed by atoms with van der Waals surface area (Å²) in [6.45, 7) is 3.51. The van der Waals surface area contributed by atoms with Gasteiger partial charge < -0.3 is 24.4 Å². The topological polar surface area (TPSA) is 80.3 Å². The highest BCUT2D eigenvalue weighted by atomic mass is 19.1. The minimum Gasteiger partial charge on any atom is -0.493 e. The summed E-state index contributed by atoms with van der Waals surface area (Å²) in [7, 11) is 4.52. The van der Waals surface area contributed by atoms with Crippen LogP contribution in [0.2, 0.25) is 0 Å². The van der Waals surface area contributed by atoms with Crippen LogP contribution in [0.1, 0.15) is 18.4 Å². The van der Waals surface area contributed by atoms with Gasteiger partial charge in [0.2, 0.25) is 17.6 Å². The molecule has 8 nitrogen and oxygen atoms in total. The summed E-state index contributed by atoms with van der Waals surface area (Å²) in [6.07, 6.45) is 0.210. The number of piperazine rings is 1. The molecule has 0 saturated carbocycles. The molecule has 0 unspecified atom stereocenters. The third-order valence-corrected chi connectivity index (χ3v) is 6.75. The largest absolute Gasteiger partial charge is 0.493 e. The zero-order valence-corrected chi connectivity index (χ0v) is 22.5. The summed E-state index contributed by atoms with van der Waals surface area (Å²) >= 11 is 0. The van der Waals surface area contributed by atoms with Crippen LogP contribution in [-0.2, 0) is 16.1 Å². The third-order valence-electron chi connectivity index (χ3n) is 6.75. The van der Waals surface area contributed by atoms with Gasteiger partial charge in [-0.15, -0.1) is 0 Å². The molecule has 0 aliphatic carbocycles. The quantitative estimate of drug-likeness (QED) is 0.409. The molecule has 1 heterocycles. The number of nitrogens with zero attached hydrogens (tertiary/aromatic N) is 2. The van der Waals surface area contributed by atoms with E-state index in [1.807, 2.05) is 17.0 Å². The van der Waals surface area contributed by atoms with Gasteiger partial charge in [-0.05, 0) is 34.9 Å². The maximum atomic E-state index is 13.3. The van der Waals surface area contributed by atoms with E-state index in [0.717, 1.165) is 30.8 Å². The number of hydrogen-bond acceptors (Lipinski definition) is 6. The molecule has 1 aliphatic rings. The molecule has 9 heteroatoms. The number of anilines is 1. The minimum atomic E-state index is -0.266. The summed E-state index contributed by atoms with van der Waals surface area (Å²) in [4.78, 5) is 29.4. The van der Waals surface area contributed by atoms with Crippen LogP contribution < -0.4 is 19.5 Å². The van der Waals surface area contributed by atoms with Gasteiger partial charge in [-0.3, -0.25) is 14.5 Å². The van der Waals surface area contributed by atoms with Gasteiger partial charge >= 0.3 is 0 Å². The Morgan fingerprint density at radius 1 is 0.821 bits per heavy atom. The number of amides is 2. The molecule has 0 aromatic heterocycles. The number of nitrogens with one attached hydrogen (secondary N) is 1. The van der Waals surface area contributed by atoms with Crippen LogP contribution in [0, 0.1) is 5.82 Å². The summed E-state index contributed by atoms with van der Waals surface area (Å²) in [5.41, 5.74) is 3.69. The number of carbonyl (C=O) groups excluding carboxylic acids is 2. The van der Waals surface area contributed by atoms with Gasteiger partial charge in [0.15, 0.2) is 11.5 Å². The predicted molar refractivity (Wildman–Crippen MR) is 148 cm³/mol. The fourth-order valence-corrected chi connectivity index (χ4v) is 4.66. The van der Waals surface area contributed by atoms with Crippen molar-refractivity contribution < 1.29 is 28.2 Å². The van der Waals surface area contributed by atoms with Gasteiger partial charge in [-0.25, -0.2) is 4.39 Å². The van der Waals surface area contributed by atoms with Crippen molar-refractivity contribution in [2.45, 2.75) is 19.4 Å². The van der Waals surface area contributed by atoms with Gasteiger partial charge in [0, 0.05) is 63.4 Å². The Bertz CT molecular complexity index is 1270. The lowest BCUT2D eigenvalue weighted by Gasteiger charge is -2.35. The van der Waals surface area contributed by atoms with Gasteiger partial charge in [-0.2, -0.15) is 0 Å². The summed E-state index contributed by atoms with van der Waals surface area (Å²) in [6, 6.07) is 18.0. The Kier molecular flexibility index (Phi) is 9.38. The number of methoxy groups -OCH3 is 3. The number of benzene rings is 3. The molecule has 0 radical (unpaired) electrons. The maximum absolute atomic E-state index is 13.3. The van der Waals surface area contributed by atoms with Gasteiger partial charge in [0.25, 0.3) is 0 Å². The Morgan fingerprint density at radius 2 is 1.49 bits per heavy atom. The monoisotopic (exact) mass is 535 g/mol. The molecule has 4 rings (SSSR count). The average molecular weight is 536 g/mol. The van der Waals surface area contributed by atoms with E-state index in [9.17, 15) is 14.0 Å². The molecule has 3 aromatic rings. The van der Waals surface area contributed by atoms with Gasteiger partial charge in [0.1, 0.15) is 5.82 Å². The van der Waals surface area contributed by atoms with Gasteiger partial charge in [-0.1, -0.05) is 30.3 Å². The third kappa shape index (κ3) is 7.26. The second-order valence-electron chi connectivity index (χ2n) is 9.33. The molecule has 0 atom stereocenters. The lowest BCUT2D eigenvalue weighted by Crippen LogP contribution is -2.48. The van der Waals surface area contributed by atoms with Gasteiger partial charge in [0.05, 0.1) is 21.3 Å². The van der Waals surface area contributed by atoms with E-state index in [4.69, 9.17) is 14.2 Å². The van der Waals surface area contributed by atoms with Crippen molar-refractivity contribution in [3.8, 4) is 28.4 Å². The highest BCUT2D eigenvalue weighted by Gasteiger charge is 2.22. The second kappa shape index (κ2) is 13.1. The van der Waals surface area contributed by atoms with Crippen molar-refractivity contribution in [1.29, 1.82) is 0 Å². The van der Waals surface area contributed by atoms with Crippen molar-refractivity contribution >= 4 is 17.5 Å². The highest BCUT2D eigenvalue weighted by molar-refractivity contribution is 5.94. The molecule has 39 heavy (non-hydrogen) atoms. The smallest absolute Gasteiger partial charge is 0.224 e. The van der Waals surface area contributed by atoms with Crippen LogP contribution in [0.15, 0.2) is 60.7 Å². The van der Waals surface area contributed by atoms with Crippen molar-refractivity contribution in [1.82, 2.24) is 9.80 Å². The highest BCUT2D eigenvalue weighted by Crippen LogP contribution is 2.40. The van der Waals surface area contributed by atoms with Crippen LogP contribution in [0.3, 0.4) is 0 Å². The molecule has 1 N–H and O–H groups in total. The summed E-state index contributed by atoms with van der Waals surface area (Å²) in [5.74, 6) is 0.756. The molecule has 0 bridgehead atoms. The summed E-state index contributed by atoms with van der Waals surface area (Å²) in [5, 5.41) is 2.80. The number of halogens is 1.